The van der Waals surface area contributed by atoms with Crippen LogP contribution in [0.5, 0.6) is 0 Å². The number of hydrogen-bond donors (Lipinski definition) is 1. The maximum absolute atomic E-state index is 11.2. The van der Waals surface area contributed by atoms with Crippen molar-refractivity contribution < 1.29 is 9.90 Å². The molecule has 0 saturated carbocycles. The van der Waals surface area contributed by atoms with Crippen molar-refractivity contribution in [3.8, 4) is 0 Å². The van der Waals surface area contributed by atoms with Gasteiger partial charge in [-0.2, -0.15) is 9.78 Å². The lowest BCUT2D eigenvalue weighted by Gasteiger charge is -2.02. The van der Waals surface area contributed by atoms with Crippen LogP contribution in [0.25, 0.3) is 0 Å². The summed E-state index contributed by atoms with van der Waals surface area (Å²) >= 11 is 1.51. The zero-order valence-electron chi connectivity index (χ0n) is 12.6. The highest BCUT2D eigenvalue weighted by Crippen LogP contribution is 2.20. The van der Waals surface area contributed by atoms with E-state index >= 15 is 0 Å². The number of carboxylic acid groups (broad SMARTS) is 1. The summed E-state index contributed by atoms with van der Waals surface area (Å²) in [4.78, 5) is 11.2. The van der Waals surface area contributed by atoms with Crippen molar-refractivity contribution in [1.29, 1.82) is 0 Å². The zero-order chi connectivity index (χ0) is 16.8. The average Bonchev–Trinajstić information content (AvgIpc) is 3.06. The molecule has 6 nitrogen and oxygen atoms in total. The molecule has 24 heavy (non-hydrogen) atoms. The van der Waals surface area contributed by atoms with Crippen molar-refractivity contribution in [2.75, 3.05) is 0 Å². The van der Waals surface area contributed by atoms with Crippen molar-refractivity contribution in [1.82, 2.24) is 14.9 Å². The molecule has 0 aliphatic carbocycles. The van der Waals surface area contributed by atoms with Crippen LogP contribution in [0.15, 0.2) is 71.2 Å². The summed E-state index contributed by atoms with van der Waals surface area (Å²) in [5.41, 5.74) is 1.91. The van der Waals surface area contributed by atoms with E-state index in [-0.39, 0.29) is 5.56 Å². The molecule has 0 spiro atoms. The smallest absolute Gasteiger partial charge is 0.336 e. The number of thioether (sulfide) groups is 1. The molecular weight excluding hydrogens is 324 g/mol. The minimum atomic E-state index is -0.987. The third-order valence-electron chi connectivity index (χ3n) is 3.22. The fourth-order valence-electron chi connectivity index (χ4n) is 2.04. The molecule has 0 aliphatic rings. The first kappa shape index (κ1) is 15.9. The van der Waals surface area contributed by atoms with E-state index in [1.54, 1.807) is 24.3 Å². The lowest BCUT2D eigenvalue weighted by Crippen LogP contribution is -2.02. The second-order valence-corrected chi connectivity index (χ2v) is 5.81. The molecule has 7 heteroatoms. The molecule has 0 aliphatic heterocycles. The van der Waals surface area contributed by atoms with Gasteiger partial charge in [0.15, 0.2) is 0 Å². The Balaban J connectivity index is 1.75. The van der Waals surface area contributed by atoms with Gasteiger partial charge in [-0.05, 0) is 11.6 Å². The van der Waals surface area contributed by atoms with Crippen LogP contribution >= 0.6 is 11.8 Å². The highest BCUT2D eigenvalue weighted by atomic mass is 32.2. The molecule has 120 valence electrons. The molecule has 0 bridgehead atoms. The molecule has 1 heterocycles. The first-order chi connectivity index (χ1) is 11.7. The van der Waals surface area contributed by atoms with E-state index in [0.29, 0.717) is 10.7 Å². The van der Waals surface area contributed by atoms with Gasteiger partial charge < -0.3 is 5.11 Å². The number of nitrogens with zero attached hydrogens (tertiary/aromatic N) is 4. The van der Waals surface area contributed by atoms with Crippen LogP contribution in [-0.2, 0) is 5.75 Å². The van der Waals surface area contributed by atoms with Gasteiger partial charge in [0.25, 0.3) is 0 Å². The van der Waals surface area contributed by atoms with Crippen molar-refractivity contribution in [3.63, 3.8) is 0 Å². The highest BCUT2D eigenvalue weighted by Gasteiger charge is 2.08. The standard InChI is InChI=1S/C17H14N4O2S/c22-16(23)15-9-5-4-8-14(15)10-19-21-12-18-20-17(21)24-11-13-6-2-1-3-7-13/h1-10,12H,11H2,(H,22,23)/b19-10+. The minimum absolute atomic E-state index is 0.202. The largest absolute Gasteiger partial charge is 0.478 e. The Kier molecular flexibility index (Phi) is 5.02. The quantitative estimate of drug-likeness (QED) is 0.551. The summed E-state index contributed by atoms with van der Waals surface area (Å²) in [6.45, 7) is 0. The fraction of sp³-hybridized carbons (Fsp3) is 0.0588. The Morgan fingerprint density at radius 1 is 1.17 bits per heavy atom. The SMILES string of the molecule is O=C(O)c1ccccc1/C=N/n1cnnc1SCc1ccccc1. The first-order valence-electron chi connectivity index (χ1n) is 7.17. The molecule has 0 amide bonds. The van der Waals surface area contributed by atoms with Crippen LogP contribution in [0.2, 0.25) is 0 Å². The van der Waals surface area contributed by atoms with Gasteiger partial charge in [-0.15, -0.1) is 10.2 Å². The number of aromatic nitrogens is 3. The molecule has 0 unspecified atom stereocenters. The molecule has 1 N–H and O–H groups in total. The number of aromatic carboxylic acids is 1. The van der Waals surface area contributed by atoms with E-state index in [0.717, 1.165) is 5.75 Å². The molecule has 1 aromatic heterocycles. The summed E-state index contributed by atoms with van der Waals surface area (Å²) in [6.07, 6.45) is 2.99. The summed E-state index contributed by atoms with van der Waals surface area (Å²) in [5.74, 6) is -0.236. The topological polar surface area (TPSA) is 80.4 Å². The van der Waals surface area contributed by atoms with Crippen LogP contribution in [0.3, 0.4) is 0 Å². The minimum Gasteiger partial charge on any atom is -0.478 e. The molecule has 0 atom stereocenters. The molecule has 2 aromatic carbocycles. The summed E-state index contributed by atoms with van der Waals surface area (Å²) < 4.78 is 1.53. The molecule has 0 saturated heterocycles. The Morgan fingerprint density at radius 2 is 1.92 bits per heavy atom. The van der Waals surface area contributed by atoms with Gasteiger partial charge in [-0.25, -0.2) is 4.79 Å². The predicted octanol–water partition coefficient (Wildman–Crippen LogP) is 3.15. The Labute approximate surface area is 142 Å². The number of hydrogen-bond acceptors (Lipinski definition) is 5. The summed E-state index contributed by atoms with van der Waals surface area (Å²) in [6, 6.07) is 16.7. The molecule has 0 radical (unpaired) electrons. The van der Waals surface area contributed by atoms with Crippen molar-refractivity contribution in [2.24, 2.45) is 5.10 Å². The van der Waals surface area contributed by atoms with Gasteiger partial charge in [-0.3, -0.25) is 0 Å². The van der Waals surface area contributed by atoms with Gasteiger partial charge in [0.2, 0.25) is 5.16 Å². The normalized spacial score (nSPS) is 11.0. The second-order valence-electron chi connectivity index (χ2n) is 4.87. The summed E-state index contributed by atoms with van der Waals surface area (Å²) in [5, 5.41) is 22.0. The third kappa shape index (κ3) is 3.88. The zero-order valence-corrected chi connectivity index (χ0v) is 13.4. The Hall–Kier alpha value is -2.93. The van der Waals surface area contributed by atoms with Gasteiger partial charge in [0, 0.05) is 11.3 Å². The fourth-order valence-corrected chi connectivity index (χ4v) is 2.86. The summed E-state index contributed by atoms with van der Waals surface area (Å²) in [7, 11) is 0. The molecule has 3 rings (SSSR count). The Bertz CT molecular complexity index is 862. The van der Waals surface area contributed by atoms with Crippen LogP contribution < -0.4 is 0 Å². The van der Waals surface area contributed by atoms with Crippen LogP contribution in [0.4, 0.5) is 0 Å². The lowest BCUT2D eigenvalue weighted by atomic mass is 10.1. The van der Waals surface area contributed by atoms with Gasteiger partial charge in [-0.1, -0.05) is 60.3 Å². The molecule has 3 aromatic rings. The number of benzene rings is 2. The van der Waals surface area contributed by atoms with Gasteiger partial charge in [0.1, 0.15) is 6.33 Å². The number of carbonyl (C=O) groups is 1. The second kappa shape index (κ2) is 7.56. The maximum Gasteiger partial charge on any atom is 0.336 e. The maximum atomic E-state index is 11.2. The van der Waals surface area contributed by atoms with Crippen LogP contribution in [0.1, 0.15) is 21.5 Å². The lowest BCUT2D eigenvalue weighted by molar-refractivity contribution is 0.0697. The van der Waals surface area contributed by atoms with E-state index in [9.17, 15) is 9.90 Å². The highest BCUT2D eigenvalue weighted by molar-refractivity contribution is 7.98. The predicted molar refractivity (Wildman–Crippen MR) is 92.4 cm³/mol. The van der Waals surface area contributed by atoms with E-state index < -0.39 is 5.97 Å². The number of carboxylic acids is 1. The van der Waals surface area contributed by atoms with Crippen LogP contribution in [-0.4, -0.2) is 32.2 Å². The van der Waals surface area contributed by atoms with Gasteiger partial charge in [0.05, 0.1) is 11.8 Å². The monoisotopic (exact) mass is 338 g/mol. The number of rotatable bonds is 6. The van der Waals surface area contributed by atoms with E-state index in [1.807, 2.05) is 30.3 Å². The molecular formula is C17H14N4O2S. The Morgan fingerprint density at radius 3 is 2.71 bits per heavy atom. The average molecular weight is 338 g/mol. The van der Waals surface area contributed by atoms with E-state index in [4.69, 9.17) is 0 Å². The first-order valence-corrected chi connectivity index (χ1v) is 8.16. The van der Waals surface area contributed by atoms with Gasteiger partial charge >= 0.3 is 5.97 Å². The van der Waals surface area contributed by atoms with E-state index in [2.05, 4.69) is 15.3 Å². The van der Waals surface area contributed by atoms with Crippen LogP contribution in [0, 0.1) is 0 Å². The van der Waals surface area contributed by atoms with Crippen molar-refractivity contribution in [2.45, 2.75) is 10.9 Å². The molecule has 0 fully saturated rings. The van der Waals surface area contributed by atoms with Crippen molar-refractivity contribution >= 4 is 23.9 Å². The van der Waals surface area contributed by atoms with E-state index in [1.165, 1.54) is 34.5 Å². The third-order valence-corrected chi connectivity index (χ3v) is 4.23. The van der Waals surface area contributed by atoms with Crippen molar-refractivity contribution in [3.05, 3.63) is 77.6 Å².